The predicted octanol–water partition coefficient (Wildman–Crippen LogP) is 1.21. The number of aromatic amines is 1. The first-order valence-corrected chi connectivity index (χ1v) is 4.34. The molecular formula is C7H6N3O2S+. The molecule has 2 rings (SSSR count). The third kappa shape index (κ3) is 1.31. The number of nitro groups is 1. The highest BCUT2D eigenvalue weighted by molar-refractivity contribution is 7.21. The number of hydrogen-bond donors (Lipinski definition) is 1. The van der Waals surface area contributed by atoms with Gasteiger partial charge in [0.15, 0.2) is 0 Å². The Hall–Kier alpha value is -1.69. The van der Waals surface area contributed by atoms with Crippen LogP contribution in [0.4, 0.5) is 10.8 Å². The number of rotatable bonds is 1. The van der Waals surface area contributed by atoms with Crippen LogP contribution in [0.3, 0.4) is 0 Å². The number of anilines is 1. The fourth-order valence-corrected chi connectivity index (χ4v) is 1.90. The van der Waals surface area contributed by atoms with Gasteiger partial charge in [0.2, 0.25) is 0 Å². The number of nitrogens with one attached hydrogen (secondary N) is 1. The number of nitrogens with two attached hydrogens (primary N) is 1. The molecule has 13 heavy (non-hydrogen) atoms. The van der Waals surface area contributed by atoms with Crippen LogP contribution in [0, 0.1) is 10.1 Å². The molecule has 0 spiro atoms. The molecule has 0 aliphatic heterocycles. The van der Waals surface area contributed by atoms with Gasteiger partial charge in [-0.2, -0.15) is 0 Å². The van der Waals surface area contributed by atoms with Crippen molar-refractivity contribution in [3.63, 3.8) is 0 Å². The third-order valence-corrected chi connectivity index (χ3v) is 2.53. The Balaban J connectivity index is 2.67. The largest absolute Gasteiger partial charge is 0.330 e. The third-order valence-electron chi connectivity index (χ3n) is 1.65. The monoisotopic (exact) mass is 196 g/mol. The minimum atomic E-state index is -0.421. The molecule has 0 atom stereocenters. The second kappa shape index (κ2) is 2.67. The van der Waals surface area contributed by atoms with Crippen LogP contribution in [-0.2, 0) is 0 Å². The Labute approximate surface area is 77.0 Å². The van der Waals surface area contributed by atoms with E-state index in [1.165, 1.54) is 23.5 Å². The molecule has 1 heterocycles. The van der Waals surface area contributed by atoms with Gasteiger partial charge >= 0.3 is 5.13 Å². The number of fused-ring (bicyclic) bond motifs is 1. The van der Waals surface area contributed by atoms with Crippen molar-refractivity contribution < 1.29 is 9.91 Å². The van der Waals surface area contributed by atoms with Crippen LogP contribution in [0.1, 0.15) is 0 Å². The second-order valence-electron chi connectivity index (χ2n) is 2.53. The molecule has 5 nitrogen and oxygen atoms in total. The molecule has 3 N–H and O–H groups in total. The van der Waals surface area contributed by atoms with E-state index < -0.39 is 4.92 Å². The zero-order valence-corrected chi connectivity index (χ0v) is 7.30. The van der Waals surface area contributed by atoms with Crippen molar-refractivity contribution in [2.75, 3.05) is 5.73 Å². The van der Waals surface area contributed by atoms with Gasteiger partial charge in [0.25, 0.3) is 5.69 Å². The van der Waals surface area contributed by atoms with E-state index in [1.54, 1.807) is 6.07 Å². The van der Waals surface area contributed by atoms with Gasteiger partial charge < -0.3 is 0 Å². The fraction of sp³-hybridized carbons (Fsp3) is 0. The molecule has 0 aliphatic rings. The van der Waals surface area contributed by atoms with Crippen LogP contribution in [0.2, 0.25) is 0 Å². The Bertz CT molecular complexity index is 480. The number of thiazole rings is 1. The highest BCUT2D eigenvalue weighted by Crippen LogP contribution is 2.24. The minimum absolute atomic E-state index is 0.0859. The normalized spacial score (nSPS) is 10.5. The van der Waals surface area contributed by atoms with E-state index in [0.29, 0.717) is 5.13 Å². The van der Waals surface area contributed by atoms with Gasteiger partial charge in [-0.15, -0.1) is 0 Å². The number of nitrogen functional groups attached to an aromatic ring is 1. The van der Waals surface area contributed by atoms with Gasteiger partial charge in [0.1, 0.15) is 5.52 Å². The first-order chi connectivity index (χ1) is 6.16. The summed E-state index contributed by atoms with van der Waals surface area (Å²) in [6.07, 6.45) is 0. The van der Waals surface area contributed by atoms with Gasteiger partial charge in [-0.3, -0.25) is 15.8 Å². The molecule has 0 fully saturated rings. The van der Waals surface area contributed by atoms with Gasteiger partial charge in [0.05, 0.1) is 9.62 Å². The number of aromatic nitrogens is 1. The Morgan fingerprint density at radius 2 is 2.31 bits per heavy atom. The summed E-state index contributed by atoms with van der Waals surface area (Å²) in [7, 11) is 0. The molecular weight excluding hydrogens is 190 g/mol. The van der Waals surface area contributed by atoms with Crippen LogP contribution in [0.5, 0.6) is 0 Å². The lowest BCUT2D eigenvalue weighted by Crippen LogP contribution is -2.03. The number of benzene rings is 1. The van der Waals surface area contributed by atoms with E-state index in [1.807, 2.05) is 0 Å². The average Bonchev–Trinajstić information content (AvgIpc) is 2.42. The van der Waals surface area contributed by atoms with Crippen molar-refractivity contribution >= 4 is 32.4 Å². The summed E-state index contributed by atoms with van der Waals surface area (Å²) in [6.45, 7) is 0. The summed E-state index contributed by atoms with van der Waals surface area (Å²) in [5.41, 5.74) is 6.42. The van der Waals surface area contributed by atoms with Crippen molar-refractivity contribution in [3.05, 3.63) is 28.3 Å². The number of non-ortho nitro benzene ring substituents is 1. The summed E-state index contributed by atoms with van der Waals surface area (Å²) in [6, 6.07) is 4.61. The summed E-state index contributed by atoms with van der Waals surface area (Å²) in [4.78, 5) is 12.9. The second-order valence-corrected chi connectivity index (χ2v) is 3.61. The standard InChI is InChI=1S/C7H5N3O2S/c8-7-9-5-2-1-4(10(11)12)3-6(5)13-7/h1-3H,(H2,8,9)/p+1. The first-order valence-electron chi connectivity index (χ1n) is 3.52. The zero-order chi connectivity index (χ0) is 9.42. The molecule has 1 aromatic heterocycles. The molecule has 0 bridgehead atoms. The van der Waals surface area contributed by atoms with E-state index in [0.717, 1.165) is 10.2 Å². The molecule has 0 saturated carbocycles. The molecule has 0 radical (unpaired) electrons. The Morgan fingerprint density at radius 1 is 1.54 bits per heavy atom. The number of nitro benzene ring substituents is 1. The van der Waals surface area contributed by atoms with Crippen molar-refractivity contribution in [1.82, 2.24) is 0 Å². The number of hydrogen-bond acceptors (Lipinski definition) is 4. The molecule has 2 aromatic rings. The number of H-pyrrole nitrogens is 1. The molecule has 0 aliphatic carbocycles. The van der Waals surface area contributed by atoms with E-state index in [4.69, 9.17) is 5.73 Å². The maximum absolute atomic E-state index is 10.4. The SMILES string of the molecule is Nc1[nH+]c2ccc([N+](=O)[O-])cc2s1. The Kier molecular flexibility index (Phi) is 1.63. The van der Waals surface area contributed by atoms with Crippen LogP contribution < -0.4 is 10.7 Å². The lowest BCUT2D eigenvalue weighted by atomic mass is 10.3. The lowest BCUT2D eigenvalue weighted by Gasteiger charge is -1.87. The van der Waals surface area contributed by atoms with Crippen LogP contribution in [0.15, 0.2) is 18.2 Å². The van der Waals surface area contributed by atoms with Crippen LogP contribution in [-0.4, -0.2) is 4.92 Å². The van der Waals surface area contributed by atoms with Crippen molar-refractivity contribution in [2.24, 2.45) is 0 Å². The summed E-state index contributed by atoms with van der Waals surface area (Å²) < 4.78 is 0.798. The highest BCUT2D eigenvalue weighted by atomic mass is 32.1. The van der Waals surface area contributed by atoms with E-state index >= 15 is 0 Å². The number of nitrogens with zero attached hydrogens (tertiary/aromatic N) is 1. The molecule has 0 unspecified atom stereocenters. The topological polar surface area (TPSA) is 83.3 Å². The quantitative estimate of drug-likeness (QED) is 0.549. The molecule has 6 heteroatoms. The fourth-order valence-electron chi connectivity index (χ4n) is 1.09. The molecule has 0 amide bonds. The highest BCUT2D eigenvalue weighted by Gasteiger charge is 2.10. The minimum Gasteiger partial charge on any atom is -0.278 e. The van der Waals surface area contributed by atoms with E-state index in [9.17, 15) is 10.1 Å². The maximum atomic E-state index is 10.4. The summed E-state index contributed by atoms with van der Waals surface area (Å²) in [5.74, 6) is 0. The van der Waals surface area contributed by atoms with Gasteiger partial charge in [-0.05, 0) is 17.4 Å². The average molecular weight is 196 g/mol. The van der Waals surface area contributed by atoms with Gasteiger partial charge in [0, 0.05) is 12.1 Å². The first kappa shape index (κ1) is 7.93. The Morgan fingerprint density at radius 3 is 3.00 bits per heavy atom. The van der Waals surface area contributed by atoms with Crippen LogP contribution >= 0.6 is 11.3 Å². The van der Waals surface area contributed by atoms with Gasteiger partial charge in [-0.25, -0.2) is 4.98 Å². The van der Waals surface area contributed by atoms with E-state index in [2.05, 4.69) is 4.98 Å². The predicted molar refractivity (Wildman–Crippen MR) is 49.4 cm³/mol. The molecule has 66 valence electrons. The van der Waals surface area contributed by atoms with Crippen molar-refractivity contribution in [3.8, 4) is 0 Å². The van der Waals surface area contributed by atoms with Crippen molar-refractivity contribution in [2.45, 2.75) is 0 Å². The zero-order valence-electron chi connectivity index (χ0n) is 6.48. The van der Waals surface area contributed by atoms with Gasteiger partial charge in [-0.1, -0.05) is 0 Å². The smallest absolute Gasteiger partial charge is 0.278 e. The molecule has 1 aromatic carbocycles. The maximum Gasteiger partial charge on any atom is 0.330 e. The van der Waals surface area contributed by atoms with Crippen molar-refractivity contribution in [1.29, 1.82) is 0 Å². The summed E-state index contributed by atoms with van der Waals surface area (Å²) in [5, 5.41) is 11.0. The lowest BCUT2D eigenvalue weighted by molar-refractivity contribution is -0.384. The van der Waals surface area contributed by atoms with E-state index in [-0.39, 0.29) is 5.69 Å². The summed E-state index contributed by atoms with van der Waals surface area (Å²) >= 11 is 1.30. The van der Waals surface area contributed by atoms with Crippen LogP contribution in [0.25, 0.3) is 10.2 Å². The molecule has 0 saturated heterocycles.